The fourth-order valence-corrected chi connectivity index (χ4v) is 1.80. The summed E-state index contributed by atoms with van der Waals surface area (Å²) in [4.78, 5) is 34.4. The minimum Gasteiger partial charge on any atom is -0.480 e. The molecule has 1 atom stereocenters. The van der Waals surface area contributed by atoms with Crippen molar-refractivity contribution in [1.82, 2.24) is 10.6 Å². The predicted octanol–water partition coefficient (Wildman–Crippen LogP) is 2.28. The van der Waals surface area contributed by atoms with Crippen LogP contribution in [0.1, 0.15) is 32.8 Å². The second-order valence-corrected chi connectivity index (χ2v) is 6.31. The molecular weight excluding hydrogens is 328 g/mol. The molecule has 2 amide bonds. The van der Waals surface area contributed by atoms with Gasteiger partial charge >= 0.3 is 18.2 Å². The lowest BCUT2D eigenvalue weighted by Gasteiger charge is -2.22. The Kier molecular flexibility index (Phi) is 7.71. The number of ether oxygens (including phenoxy) is 2. The number of benzene rings is 1. The maximum Gasteiger partial charge on any atom is 0.408 e. The largest absolute Gasteiger partial charge is 0.480 e. The van der Waals surface area contributed by atoms with Crippen LogP contribution in [0.25, 0.3) is 0 Å². The van der Waals surface area contributed by atoms with Crippen molar-refractivity contribution in [3.63, 3.8) is 0 Å². The molecule has 1 aromatic rings. The minimum absolute atomic E-state index is 0.00495. The zero-order chi connectivity index (χ0) is 18.9. The quantitative estimate of drug-likeness (QED) is 0.694. The summed E-state index contributed by atoms with van der Waals surface area (Å²) < 4.78 is 10.0. The number of carboxylic acids is 1. The molecule has 0 unspecified atom stereocenters. The molecule has 0 heterocycles. The first-order valence-electron chi connectivity index (χ1n) is 7.84. The highest BCUT2D eigenvalue weighted by molar-refractivity contribution is 5.80. The number of aliphatic carboxylic acids is 1. The molecule has 0 radical (unpaired) electrons. The van der Waals surface area contributed by atoms with Gasteiger partial charge in [0.1, 0.15) is 18.2 Å². The van der Waals surface area contributed by atoms with E-state index in [0.29, 0.717) is 0 Å². The highest BCUT2D eigenvalue weighted by Gasteiger charge is 2.23. The van der Waals surface area contributed by atoms with Crippen LogP contribution in [0.3, 0.4) is 0 Å². The van der Waals surface area contributed by atoms with Crippen LogP contribution in [0.15, 0.2) is 30.3 Å². The van der Waals surface area contributed by atoms with Gasteiger partial charge in [0.2, 0.25) is 0 Å². The number of rotatable bonds is 7. The minimum atomic E-state index is -1.22. The van der Waals surface area contributed by atoms with Crippen LogP contribution in [0, 0.1) is 0 Å². The van der Waals surface area contributed by atoms with Gasteiger partial charge in [0.25, 0.3) is 0 Å². The fraction of sp³-hybridized carbons (Fsp3) is 0.471. The zero-order valence-corrected chi connectivity index (χ0v) is 14.6. The van der Waals surface area contributed by atoms with Crippen LogP contribution < -0.4 is 10.6 Å². The molecule has 25 heavy (non-hydrogen) atoms. The number of amides is 2. The van der Waals surface area contributed by atoms with E-state index < -0.39 is 29.8 Å². The molecule has 138 valence electrons. The van der Waals surface area contributed by atoms with Crippen LogP contribution >= 0.6 is 0 Å². The summed E-state index contributed by atoms with van der Waals surface area (Å²) in [6.07, 6.45) is -1.49. The third-order valence-corrected chi connectivity index (χ3v) is 2.90. The summed E-state index contributed by atoms with van der Waals surface area (Å²) in [5.74, 6) is -1.22. The lowest BCUT2D eigenvalue weighted by Crippen LogP contribution is -2.45. The summed E-state index contributed by atoms with van der Waals surface area (Å²) in [5, 5.41) is 13.8. The van der Waals surface area contributed by atoms with Crippen molar-refractivity contribution in [3.05, 3.63) is 35.9 Å². The number of hydrogen-bond acceptors (Lipinski definition) is 5. The highest BCUT2D eigenvalue weighted by Crippen LogP contribution is 2.07. The highest BCUT2D eigenvalue weighted by atomic mass is 16.6. The van der Waals surface area contributed by atoms with Gasteiger partial charge < -0.3 is 25.2 Å². The van der Waals surface area contributed by atoms with Crippen molar-refractivity contribution in [2.75, 3.05) is 6.54 Å². The zero-order valence-electron chi connectivity index (χ0n) is 14.6. The van der Waals surface area contributed by atoms with E-state index >= 15 is 0 Å². The van der Waals surface area contributed by atoms with Crippen molar-refractivity contribution in [3.8, 4) is 0 Å². The van der Waals surface area contributed by atoms with Crippen LogP contribution in [0.4, 0.5) is 9.59 Å². The molecule has 8 nitrogen and oxygen atoms in total. The van der Waals surface area contributed by atoms with E-state index in [1.807, 2.05) is 30.3 Å². The molecule has 0 aliphatic rings. The average Bonchev–Trinajstić information content (AvgIpc) is 2.51. The molecule has 0 aliphatic carbocycles. The van der Waals surface area contributed by atoms with Crippen LogP contribution in [-0.4, -0.2) is 41.4 Å². The smallest absolute Gasteiger partial charge is 0.408 e. The van der Waals surface area contributed by atoms with Gasteiger partial charge in [-0.3, -0.25) is 0 Å². The van der Waals surface area contributed by atoms with Gasteiger partial charge in [-0.2, -0.15) is 0 Å². The van der Waals surface area contributed by atoms with E-state index in [0.717, 1.165) is 5.56 Å². The van der Waals surface area contributed by atoms with E-state index in [1.54, 1.807) is 20.8 Å². The molecule has 0 fully saturated rings. The molecule has 0 bridgehead atoms. The van der Waals surface area contributed by atoms with Gasteiger partial charge in [-0.25, -0.2) is 14.4 Å². The van der Waals surface area contributed by atoms with E-state index in [-0.39, 0.29) is 19.6 Å². The van der Waals surface area contributed by atoms with Gasteiger partial charge in [-0.1, -0.05) is 30.3 Å². The molecular formula is C17H24N2O6. The lowest BCUT2D eigenvalue weighted by molar-refractivity contribution is -0.139. The van der Waals surface area contributed by atoms with Gasteiger partial charge in [0.05, 0.1) is 0 Å². The Hall–Kier alpha value is -2.77. The van der Waals surface area contributed by atoms with Crippen LogP contribution in [0.5, 0.6) is 0 Å². The molecule has 8 heteroatoms. The molecule has 0 aromatic heterocycles. The van der Waals surface area contributed by atoms with Crippen molar-refractivity contribution in [2.45, 2.75) is 45.4 Å². The molecule has 0 saturated heterocycles. The van der Waals surface area contributed by atoms with Crippen molar-refractivity contribution < 1.29 is 29.0 Å². The molecule has 0 aliphatic heterocycles. The molecule has 1 rings (SSSR count). The van der Waals surface area contributed by atoms with Gasteiger partial charge in [0.15, 0.2) is 0 Å². The summed E-state index contributed by atoms with van der Waals surface area (Å²) in [6.45, 7) is 5.16. The Morgan fingerprint density at radius 3 is 2.32 bits per heavy atom. The van der Waals surface area contributed by atoms with E-state index in [9.17, 15) is 14.4 Å². The van der Waals surface area contributed by atoms with Crippen LogP contribution in [-0.2, 0) is 20.9 Å². The monoisotopic (exact) mass is 352 g/mol. The maximum absolute atomic E-state index is 11.6. The number of carbonyl (C=O) groups excluding carboxylic acids is 2. The average molecular weight is 352 g/mol. The topological polar surface area (TPSA) is 114 Å². The number of carboxylic acid groups (broad SMARTS) is 1. The lowest BCUT2D eigenvalue weighted by atomic mass is 10.2. The summed E-state index contributed by atoms with van der Waals surface area (Å²) in [7, 11) is 0. The molecule has 0 saturated carbocycles. The first-order chi connectivity index (χ1) is 11.7. The number of alkyl carbamates (subject to hydrolysis) is 2. The van der Waals surface area contributed by atoms with Gasteiger partial charge in [-0.05, 0) is 32.8 Å². The Morgan fingerprint density at radius 2 is 1.76 bits per heavy atom. The second kappa shape index (κ2) is 9.51. The Labute approximate surface area is 146 Å². The predicted molar refractivity (Wildman–Crippen MR) is 90.0 cm³/mol. The Morgan fingerprint density at radius 1 is 1.12 bits per heavy atom. The first kappa shape index (κ1) is 20.3. The standard InChI is InChI=1S/C17H24N2O6/c1-17(2,3)25-16(23)19-13(14(20)21)9-10-18-15(22)24-11-12-7-5-4-6-8-12/h4-8,13H,9-11H2,1-3H3,(H,18,22)(H,19,23)(H,20,21)/t13-/m1/s1. The first-order valence-corrected chi connectivity index (χ1v) is 7.84. The Balaban J connectivity index is 2.33. The number of carbonyl (C=O) groups is 3. The van der Waals surface area contributed by atoms with Crippen LogP contribution in [0.2, 0.25) is 0 Å². The van der Waals surface area contributed by atoms with Gasteiger partial charge in [-0.15, -0.1) is 0 Å². The third-order valence-electron chi connectivity index (χ3n) is 2.90. The maximum atomic E-state index is 11.6. The number of hydrogen-bond donors (Lipinski definition) is 3. The van der Waals surface area contributed by atoms with Crippen molar-refractivity contribution in [2.24, 2.45) is 0 Å². The molecule has 1 aromatic carbocycles. The Bertz CT molecular complexity index is 583. The SMILES string of the molecule is CC(C)(C)OC(=O)N[C@H](CCNC(=O)OCc1ccccc1)C(=O)O. The van der Waals surface area contributed by atoms with E-state index in [4.69, 9.17) is 14.6 Å². The second-order valence-electron chi connectivity index (χ2n) is 6.31. The fourth-order valence-electron chi connectivity index (χ4n) is 1.80. The molecule has 3 N–H and O–H groups in total. The van der Waals surface area contributed by atoms with Gasteiger partial charge in [0, 0.05) is 6.54 Å². The normalized spacial score (nSPS) is 12.0. The van der Waals surface area contributed by atoms with Crippen molar-refractivity contribution >= 4 is 18.2 Å². The third kappa shape index (κ3) is 9.19. The summed E-state index contributed by atoms with van der Waals surface area (Å²) in [5.41, 5.74) is 0.111. The van der Waals surface area contributed by atoms with E-state index in [2.05, 4.69) is 10.6 Å². The molecule has 0 spiro atoms. The number of nitrogens with one attached hydrogen (secondary N) is 2. The van der Waals surface area contributed by atoms with Crippen molar-refractivity contribution in [1.29, 1.82) is 0 Å². The summed E-state index contributed by atoms with van der Waals surface area (Å²) >= 11 is 0. The van der Waals surface area contributed by atoms with E-state index in [1.165, 1.54) is 0 Å². The summed E-state index contributed by atoms with van der Waals surface area (Å²) in [6, 6.07) is 7.97.